The van der Waals surface area contributed by atoms with E-state index in [0.717, 1.165) is 18.7 Å². The monoisotopic (exact) mass is 374 g/mol. The second kappa shape index (κ2) is 7.99. The molecule has 2 aromatic carbocycles. The number of benzene rings is 2. The molecule has 0 saturated carbocycles. The normalized spacial score (nSPS) is 17.8. The third kappa shape index (κ3) is 4.12. The Hall–Kier alpha value is -2.21. The second-order valence-electron chi connectivity index (χ2n) is 6.58. The van der Waals surface area contributed by atoms with Gasteiger partial charge in [-0.15, -0.1) is 0 Å². The van der Waals surface area contributed by atoms with Crippen LogP contribution >= 0.6 is 0 Å². The topological polar surface area (TPSA) is 58.6 Å². The molecule has 1 saturated heterocycles. The predicted octanol–water partition coefficient (Wildman–Crippen LogP) is 4.26. The SMILES string of the molecule is CCC1CCCCN1c1ccc(NS(=O)(=O)c2ccc(OC)cc2)cc1. The smallest absolute Gasteiger partial charge is 0.261 e. The van der Waals surface area contributed by atoms with Crippen molar-refractivity contribution >= 4 is 21.4 Å². The lowest BCUT2D eigenvalue weighted by molar-refractivity contribution is 0.414. The summed E-state index contributed by atoms with van der Waals surface area (Å²) in [5.41, 5.74) is 1.72. The minimum atomic E-state index is -3.61. The van der Waals surface area contributed by atoms with Crippen LogP contribution in [0.5, 0.6) is 5.75 Å². The van der Waals surface area contributed by atoms with E-state index in [1.54, 1.807) is 19.2 Å². The number of nitrogens with zero attached hydrogens (tertiary/aromatic N) is 1. The third-order valence-electron chi connectivity index (χ3n) is 4.92. The zero-order valence-corrected chi connectivity index (χ0v) is 16.1. The highest BCUT2D eigenvalue weighted by Crippen LogP contribution is 2.28. The number of methoxy groups -OCH3 is 1. The summed E-state index contributed by atoms with van der Waals surface area (Å²) < 4.78 is 32.8. The standard InChI is InChI=1S/C20H26N2O3S/c1-3-17-6-4-5-15-22(17)18-9-7-16(8-10-18)21-26(23,24)20-13-11-19(25-2)12-14-20/h7-14,17,21H,3-6,15H2,1-2H3. The highest BCUT2D eigenvalue weighted by Gasteiger charge is 2.21. The second-order valence-corrected chi connectivity index (χ2v) is 8.26. The van der Waals surface area contributed by atoms with Crippen molar-refractivity contribution in [3.8, 4) is 5.75 Å². The van der Waals surface area contributed by atoms with Gasteiger partial charge in [-0.1, -0.05) is 6.92 Å². The number of sulfonamides is 1. The van der Waals surface area contributed by atoms with Gasteiger partial charge < -0.3 is 9.64 Å². The lowest BCUT2D eigenvalue weighted by Gasteiger charge is -2.37. The molecule has 0 aromatic heterocycles. The van der Waals surface area contributed by atoms with E-state index < -0.39 is 10.0 Å². The van der Waals surface area contributed by atoms with Gasteiger partial charge in [-0.25, -0.2) is 8.42 Å². The molecule has 0 radical (unpaired) electrons. The molecule has 0 spiro atoms. The van der Waals surface area contributed by atoms with Gasteiger partial charge in [0.2, 0.25) is 0 Å². The number of rotatable bonds is 6. The predicted molar refractivity (Wildman–Crippen MR) is 106 cm³/mol. The Morgan fingerprint density at radius 3 is 2.38 bits per heavy atom. The number of anilines is 2. The van der Waals surface area contributed by atoms with E-state index in [0.29, 0.717) is 17.5 Å². The zero-order valence-electron chi connectivity index (χ0n) is 15.3. The molecule has 2 aromatic rings. The van der Waals surface area contributed by atoms with Crippen LogP contribution in [0.15, 0.2) is 53.4 Å². The number of piperidine rings is 1. The molecular formula is C20H26N2O3S. The summed E-state index contributed by atoms with van der Waals surface area (Å²) in [6.07, 6.45) is 4.85. The first-order valence-corrected chi connectivity index (χ1v) is 10.6. The minimum absolute atomic E-state index is 0.212. The van der Waals surface area contributed by atoms with Crippen molar-refractivity contribution < 1.29 is 13.2 Å². The highest BCUT2D eigenvalue weighted by atomic mass is 32.2. The van der Waals surface area contributed by atoms with E-state index in [1.807, 2.05) is 24.3 Å². The average Bonchev–Trinajstić information content (AvgIpc) is 2.68. The molecule has 1 N–H and O–H groups in total. The van der Waals surface area contributed by atoms with Crippen LogP contribution < -0.4 is 14.4 Å². The van der Waals surface area contributed by atoms with Gasteiger partial charge in [0.25, 0.3) is 10.0 Å². The molecule has 1 atom stereocenters. The Kier molecular flexibility index (Phi) is 5.71. The third-order valence-corrected chi connectivity index (χ3v) is 6.32. The maximum Gasteiger partial charge on any atom is 0.261 e. The maximum absolute atomic E-state index is 12.5. The molecule has 6 heteroatoms. The molecule has 1 heterocycles. The van der Waals surface area contributed by atoms with Crippen LogP contribution in [-0.2, 0) is 10.0 Å². The Bertz CT molecular complexity index is 817. The van der Waals surface area contributed by atoms with Gasteiger partial charge in [-0.3, -0.25) is 4.72 Å². The summed E-state index contributed by atoms with van der Waals surface area (Å²) in [5.74, 6) is 0.625. The van der Waals surface area contributed by atoms with Crippen molar-refractivity contribution in [1.29, 1.82) is 0 Å². The van der Waals surface area contributed by atoms with E-state index in [1.165, 1.54) is 31.4 Å². The maximum atomic E-state index is 12.5. The van der Waals surface area contributed by atoms with Crippen LogP contribution in [0.2, 0.25) is 0 Å². The van der Waals surface area contributed by atoms with E-state index in [2.05, 4.69) is 16.5 Å². The van der Waals surface area contributed by atoms with Gasteiger partial charge in [-0.05, 0) is 74.2 Å². The quantitative estimate of drug-likeness (QED) is 0.820. The Labute approximate surface area is 156 Å². The molecule has 140 valence electrons. The summed E-state index contributed by atoms with van der Waals surface area (Å²) in [4.78, 5) is 2.65. The van der Waals surface area contributed by atoms with Gasteiger partial charge in [-0.2, -0.15) is 0 Å². The zero-order chi connectivity index (χ0) is 18.6. The first-order chi connectivity index (χ1) is 12.5. The van der Waals surface area contributed by atoms with Crippen molar-refractivity contribution in [2.75, 3.05) is 23.3 Å². The van der Waals surface area contributed by atoms with E-state index in [9.17, 15) is 8.42 Å². The molecule has 3 rings (SSSR count). The fraction of sp³-hybridized carbons (Fsp3) is 0.400. The average molecular weight is 375 g/mol. The molecule has 1 aliphatic rings. The van der Waals surface area contributed by atoms with Crippen molar-refractivity contribution in [3.63, 3.8) is 0 Å². The van der Waals surface area contributed by atoms with Gasteiger partial charge in [0.05, 0.1) is 12.0 Å². The summed E-state index contributed by atoms with van der Waals surface area (Å²) in [5, 5.41) is 0. The van der Waals surface area contributed by atoms with Gasteiger partial charge in [0.1, 0.15) is 5.75 Å². The van der Waals surface area contributed by atoms with Crippen LogP contribution in [0, 0.1) is 0 Å². The van der Waals surface area contributed by atoms with E-state index >= 15 is 0 Å². The molecule has 1 aliphatic heterocycles. The van der Waals surface area contributed by atoms with Crippen LogP contribution in [-0.4, -0.2) is 28.1 Å². The molecule has 1 fully saturated rings. The molecule has 26 heavy (non-hydrogen) atoms. The molecular weight excluding hydrogens is 348 g/mol. The Morgan fingerprint density at radius 1 is 1.08 bits per heavy atom. The summed E-state index contributed by atoms with van der Waals surface area (Å²) in [6, 6.07) is 14.6. The molecule has 5 nitrogen and oxygen atoms in total. The Balaban J connectivity index is 1.73. The lowest BCUT2D eigenvalue weighted by Crippen LogP contribution is -2.39. The first kappa shape index (κ1) is 18.6. The number of ether oxygens (including phenoxy) is 1. The van der Waals surface area contributed by atoms with Crippen molar-refractivity contribution in [3.05, 3.63) is 48.5 Å². The van der Waals surface area contributed by atoms with E-state index in [-0.39, 0.29) is 4.90 Å². The molecule has 1 unspecified atom stereocenters. The molecule has 0 amide bonds. The largest absolute Gasteiger partial charge is 0.497 e. The van der Waals surface area contributed by atoms with Crippen molar-refractivity contribution in [2.45, 2.75) is 43.5 Å². The summed E-state index contributed by atoms with van der Waals surface area (Å²) in [6.45, 7) is 3.29. The lowest BCUT2D eigenvalue weighted by atomic mass is 9.99. The van der Waals surface area contributed by atoms with Crippen LogP contribution in [0.25, 0.3) is 0 Å². The van der Waals surface area contributed by atoms with Crippen molar-refractivity contribution in [1.82, 2.24) is 0 Å². The number of nitrogens with one attached hydrogen (secondary N) is 1. The van der Waals surface area contributed by atoms with Crippen LogP contribution in [0.3, 0.4) is 0 Å². The minimum Gasteiger partial charge on any atom is -0.497 e. The fourth-order valence-corrected chi connectivity index (χ4v) is 4.51. The summed E-state index contributed by atoms with van der Waals surface area (Å²) in [7, 11) is -2.06. The summed E-state index contributed by atoms with van der Waals surface area (Å²) >= 11 is 0. The molecule has 0 bridgehead atoms. The fourth-order valence-electron chi connectivity index (χ4n) is 3.45. The molecule has 0 aliphatic carbocycles. The van der Waals surface area contributed by atoms with E-state index in [4.69, 9.17) is 4.74 Å². The van der Waals surface area contributed by atoms with Crippen LogP contribution in [0.4, 0.5) is 11.4 Å². The van der Waals surface area contributed by atoms with Gasteiger partial charge in [0.15, 0.2) is 0 Å². The van der Waals surface area contributed by atoms with Crippen LogP contribution in [0.1, 0.15) is 32.6 Å². The van der Waals surface area contributed by atoms with Gasteiger partial charge >= 0.3 is 0 Å². The number of hydrogen-bond donors (Lipinski definition) is 1. The van der Waals surface area contributed by atoms with Crippen molar-refractivity contribution in [2.24, 2.45) is 0 Å². The number of hydrogen-bond acceptors (Lipinski definition) is 4. The highest BCUT2D eigenvalue weighted by molar-refractivity contribution is 7.92. The first-order valence-electron chi connectivity index (χ1n) is 9.07. The Morgan fingerprint density at radius 2 is 1.77 bits per heavy atom. The van der Waals surface area contributed by atoms with Gasteiger partial charge in [0, 0.05) is 24.0 Å².